The molecule has 0 amide bonds. The van der Waals surface area contributed by atoms with Gasteiger partial charge in [0, 0.05) is 18.3 Å². The summed E-state index contributed by atoms with van der Waals surface area (Å²) in [6.45, 7) is 8.82. The number of hydrogen-bond acceptors (Lipinski definition) is 3. The Morgan fingerprint density at radius 3 is 2.08 bits per heavy atom. The molecule has 1 aromatic carbocycles. The third kappa shape index (κ3) is 5.49. The third-order valence-electron chi connectivity index (χ3n) is 4.97. The molecule has 5 heteroatoms. The Labute approximate surface area is 147 Å². The highest BCUT2D eigenvalue weighted by molar-refractivity contribution is 7.90. The van der Waals surface area contributed by atoms with Crippen LogP contribution in [0, 0.1) is 5.92 Å². The minimum Gasteiger partial charge on any atom is -0.385 e. The monoisotopic (exact) mass is 352 g/mol. The summed E-state index contributed by atoms with van der Waals surface area (Å²) in [7, 11) is -3.15. The van der Waals surface area contributed by atoms with Gasteiger partial charge in [-0.05, 0) is 69.1 Å². The Balaban J connectivity index is 1.75. The summed E-state index contributed by atoms with van der Waals surface area (Å²) < 4.78 is 26.7. The fourth-order valence-corrected chi connectivity index (χ4v) is 4.07. The van der Waals surface area contributed by atoms with Gasteiger partial charge in [-0.2, -0.15) is 0 Å². The number of anilines is 1. The smallest absolute Gasteiger partial charge is 0.214 e. The first-order valence-electron chi connectivity index (χ1n) is 9.13. The van der Waals surface area contributed by atoms with Crippen molar-refractivity contribution in [1.29, 1.82) is 0 Å². The summed E-state index contributed by atoms with van der Waals surface area (Å²) in [5, 5.41) is 3.17. The molecule has 1 aliphatic carbocycles. The fourth-order valence-electron chi connectivity index (χ4n) is 3.10. The lowest BCUT2D eigenvalue weighted by atomic mass is 9.86. The van der Waals surface area contributed by atoms with Crippen molar-refractivity contribution < 1.29 is 8.42 Å². The predicted molar refractivity (Wildman–Crippen MR) is 102 cm³/mol. The highest BCUT2D eigenvalue weighted by Gasteiger charge is 2.26. The van der Waals surface area contributed by atoms with Gasteiger partial charge in [0.2, 0.25) is 10.0 Å². The summed E-state index contributed by atoms with van der Waals surface area (Å²) >= 11 is 0. The summed E-state index contributed by atoms with van der Waals surface area (Å²) in [6.07, 6.45) is 4.01. The standard InChI is InChI=1S/C19H32N2O2S/c1-14(2)17-7-11-18(12-8-17)20-13-16-5-9-19(10-6-16)21-24(22,23)15(3)4/h7-8,11-12,14-16,19-21H,5-6,9-10,13H2,1-4H3. The molecule has 0 aliphatic heterocycles. The van der Waals surface area contributed by atoms with E-state index in [9.17, 15) is 8.42 Å². The number of sulfonamides is 1. The first-order valence-corrected chi connectivity index (χ1v) is 10.7. The van der Waals surface area contributed by atoms with Crippen LogP contribution in [-0.2, 0) is 10.0 Å². The summed E-state index contributed by atoms with van der Waals surface area (Å²) in [5.74, 6) is 1.18. The lowest BCUT2D eigenvalue weighted by Crippen LogP contribution is -2.41. The van der Waals surface area contributed by atoms with E-state index in [-0.39, 0.29) is 11.3 Å². The third-order valence-corrected chi connectivity index (χ3v) is 6.87. The van der Waals surface area contributed by atoms with E-state index < -0.39 is 10.0 Å². The molecule has 2 rings (SSSR count). The van der Waals surface area contributed by atoms with Gasteiger partial charge in [-0.15, -0.1) is 0 Å². The molecule has 1 saturated carbocycles. The second kappa shape index (κ2) is 8.34. The van der Waals surface area contributed by atoms with Gasteiger partial charge in [0.25, 0.3) is 0 Å². The SMILES string of the molecule is CC(C)c1ccc(NCC2CCC(NS(=O)(=O)C(C)C)CC2)cc1. The molecule has 0 saturated heterocycles. The molecule has 2 N–H and O–H groups in total. The first kappa shape index (κ1) is 19.3. The molecule has 0 bridgehead atoms. The molecule has 4 nitrogen and oxygen atoms in total. The molecule has 1 aromatic rings. The van der Waals surface area contributed by atoms with Crippen molar-refractivity contribution in [2.45, 2.75) is 70.6 Å². The maximum Gasteiger partial charge on any atom is 0.214 e. The van der Waals surface area contributed by atoms with E-state index in [2.05, 4.69) is 48.2 Å². The van der Waals surface area contributed by atoms with Crippen molar-refractivity contribution >= 4 is 15.7 Å². The van der Waals surface area contributed by atoms with Crippen LogP contribution in [0.4, 0.5) is 5.69 Å². The van der Waals surface area contributed by atoms with Gasteiger partial charge in [-0.1, -0.05) is 26.0 Å². The molecule has 0 spiro atoms. The Morgan fingerprint density at radius 1 is 1.00 bits per heavy atom. The van der Waals surface area contributed by atoms with Crippen molar-refractivity contribution in [3.05, 3.63) is 29.8 Å². The summed E-state index contributed by atoms with van der Waals surface area (Å²) in [6, 6.07) is 8.78. The van der Waals surface area contributed by atoms with E-state index in [1.807, 2.05) is 0 Å². The quantitative estimate of drug-likeness (QED) is 0.776. The largest absolute Gasteiger partial charge is 0.385 e. The fraction of sp³-hybridized carbons (Fsp3) is 0.684. The number of rotatable bonds is 7. The first-order chi connectivity index (χ1) is 11.3. The molecular weight excluding hydrogens is 320 g/mol. The molecule has 24 heavy (non-hydrogen) atoms. The predicted octanol–water partition coefficient (Wildman–Crippen LogP) is 4.11. The van der Waals surface area contributed by atoms with Crippen LogP contribution in [0.1, 0.15) is 64.9 Å². The van der Waals surface area contributed by atoms with Crippen LogP contribution in [0.25, 0.3) is 0 Å². The van der Waals surface area contributed by atoms with Gasteiger partial charge in [-0.25, -0.2) is 13.1 Å². The maximum absolute atomic E-state index is 11.9. The lowest BCUT2D eigenvalue weighted by molar-refractivity contribution is 0.323. The Morgan fingerprint density at radius 2 is 1.58 bits per heavy atom. The van der Waals surface area contributed by atoms with Gasteiger partial charge in [-0.3, -0.25) is 0 Å². The van der Waals surface area contributed by atoms with Crippen molar-refractivity contribution in [3.63, 3.8) is 0 Å². The normalized spacial score (nSPS) is 22.1. The average molecular weight is 353 g/mol. The van der Waals surface area contributed by atoms with Crippen molar-refractivity contribution in [3.8, 4) is 0 Å². The average Bonchev–Trinajstić information content (AvgIpc) is 2.54. The molecular formula is C19H32N2O2S. The second-order valence-corrected chi connectivity index (χ2v) is 9.86. The highest BCUT2D eigenvalue weighted by Crippen LogP contribution is 2.26. The van der Waals surface area contributed by atoms with Gasteiger partial charge < -0.3 is 5.32 Å². The van der Waals surface area contributed by atoms with Gasteiger partial charge in [0.1, 0.15) is 0 Å². The number of benzene rings is 1. The molecule has 0 heterocycles. The van der Waals surface area contributed by atoms with E-state index >= 15 is 0 Å². The minimum absolute atomic E-state index is 0.110. The van der Waals surface area contributed by atoms with Gasteiger partial charge in [0.15, 0.2) is 0 Å². The Hall–Kier alpha value is -1.07. The molecule has 1 fully saturated rings. The van der Waals surface area contributed by atoms with Crippen molar-refractivity contribution in [1.82, 2.24) is 4.72 Å². The second-order valence-electron chi connectivity index (χ2n) is 7.59. The summed E-state index contributed by atoms with van der Waals surface area (Å²) in [4.78, 5) is 0. The minimum atomic E-state index is -3.15. The Kier molecular flexibility index (Phi) is 6.70. The van der Waals surface area contributed by atoms with E-state index in [0.29, 0.717) is 11.8 Å². The molecule has 0 atom stereocenters. The van der Waals surface area contributed by atoms with Crippen LogP contribution >= 0.6 is 0 Å². The van der Waals surface area contributed by atoms with Crippen LogP contribution in [0.3, 0.4) is 0 Å². The number of nitrogens with one attached hydrogen (secondary N) is 2. The van der Waals surface area contributed by atoms with Crippen LogP contribution < -0.4 is 10.0 Å². The van der Waals surface area contributed by atoms with Gasteiger partial charge >= 0.3 is 0 Å². The zero-order valence-electron chi connectivity index (χ0n) is 15.4. The van der Waals surface area contributed by atoms with E-state index in [4.69, 9.17) is 0 Å². The van der Waals surface area contributed by atoms with Gasteiger partial charge in [0.05, 0.1) is 5.25 Å². The van der Waals surface area contributed by atoms with Crippen LogP contribution in [0.2, 0.25) is 0 Å². The zero-order chi connectivity index (χ0) is 17.7. The van der Waals surface area contributed by atoms with Crippen LogP contribution in [-0.4, -0.2) is 26.3 Å². The molecule has 136 valence electrons. The topological polar surface area (TPSA) is 58.2 Å². The molecule has 0 unspecified atom stereocenters. The van der Waals surface area contributed by atoms with Crippen molar-refractivity contribution in [2.75, 3.05) is 11.9 Å². The maximum atomic E-state index is 11.9. The summed E-state index contributed by atoms with van der Waals surface area (Å²) in [5.41, 5.74) is 2.53. The van der Waals surface area contributed by atoms with Crippen LogP contribution in [0.5, 0.6) is 0 Å². The Bertz CT molecular complexity index is 601. The van der Waals surface area contributed by atoms with E-state index in [1.54, 1.807) is 13.8 Å². The molecule has 1 aliphatic rings. The molecule has 0 radical (unpaired) electrons. The van der Waals surface area contributed by atoms with Crippen LogP contribution in [0.15, 0.2) is 24.3 Å². The number of hydrogen-bond donors (Lipinski definition) is 2. The van der Waals surface area contributed by atoms with E-state index in [1.165, 1.54) is 11.3 Å². The lowest BCUT2D eigenvalue weighted by Gasteiger charge is -2.29. The highest BCUT2D eigenvalue weighted by atomic mass is 32.2. The zero-order valence-corrected chi connectivity index (χ0v) is 16.2. The van der Waals surface area contributed by atoms with E-state index in [0.717, 1.165) is 32.2 Å². The van der Waals surface area contributed by atoms with Crippen molar-refractivity contribution in [2.24, 2.45) is 5.92 Å². The molecule has 0 aromatic heterocycles.